The molecular formula is C12H14N6. The Morgan fingerprint density at radius 2 is 2.11 bits per heavy atom. The highest BCUT2D eigenvalue weighted by molar-refractivity contribution is 5.45. The van der Waals surface area contributed by atoms with Gasteiger partial charge in [-0.1, -0.05) is 0 Å². The van der Waals surface area contributed by atoms with Crippen molar-refractivity contribution < 1.29 is 0 Å². The number of nitrogens with one attached hydrogen (secondary N) is 2. The molecule has 0 spiro atoms. The van der Waals surface area contributed by atoms with Crippen LogP contribution < -0.4 is 10.6 Å². The molecule has 2 aromatic heterocycles. The van der Waals surface area contributed by atoms with Crippen LogP contribution in [0, 0.1) is 0 Å². The fourth-order valence-electron chi connectivity index (χ4n) is 2.02. The summed E-state index contributed by atoms with van der Waals surface area (Å²) in [6.07, 6.45) is 9.15. The van der Waals surface area contributed by atoms with Gasteiger partial charge in [-0.3, -0.25) is 4.98 Å². The summed E-state index contributed by atoms with van der Waals surface area (Å²) in [5.74, 6) is 1.20. The number of hydrogen-bond acceptors (Lipinski definition) is 6. The minimum absolute atomic E-state index is 0.316. The van der Waals surface area contributed by atoms with Gasteiger partial charge in [0.25, 0.3) is 0 Å². The van der Waals surface area contributed by atoms with Crippen LogP contribution in [0.5, 0.6) is 0 Å². The summed E-state index contributed by atoms with van der Waals surface area (Å²) in [6, 6.07) is 2.09. The van der Waals surface area contributed by atoms with Crippen molar-refractivity contribution in [1.29, 1.82) is 0 Å². The minimum atomic E-state index is 0.316. The third-order valence-corrected chi connectivity index (χ3v) is 2.88. The fourth-order valence-corrected chi connectivity index (χ4v) is 2.02. The summed E-state index contributed by atoms with van der Waals surface area (Å²) in [4.78, 5) is 16.9. The zero-order valence-corrected chi connectivity index (χ0v) is 9.87. The molecule has 1 saturated heterocycles. The topological polar surface area (TPSA) is 75.6 Å². The third-order valence-electron chi connectivity index (χ3n) is 2.88. The Hall–Kier alpha value is -2.08. The summed E-state index contributed by atoms with van der Waals surface area (Å²) < 4.78 is 0. The van der Waals surface area contributed by atoms with E-state index in [1.165, 1.54) is 6.42 Å². The standard InChI is InChI=1S/C12H14N6/c1-3-9(14-4-1)10-7-13-8-11(17-10)18-12-15-5-2-6-16-12/h2,5-9,14H,1,3-4H2,(H,15,16,17,18)/t9-/m1/s1. The summed E-state index contributed by atoms with van der Waals surface area (Å²) in [6.45, 7) is 1.05. The first-order chi connectivity index (χ1) is 8.92. The molecule has 2 N–H and O–H groups in total. The Bertz CT molecular complexity index is 509. The highest BCUT2D eigenvalue weighted by Gasteiger charge is 2.18. The Kier molecular flexibility index (Phi) is 3.10. The molecule has 0 unspecified atom stereocenters. The van der Waals surface area contributed by atoms with Gasteiger partial charge in [-0.25, -0.2) is 15.0 Å². The maximum Gasteiger partial charge on any atom is 0.228 e. The molecule has 0 radical (unpaired) electrons. The normalized spacial score (nSPS) is 18.8. The summed E-state index contributed by atoms with van der Waals surface area (Å²) in [5.41, 5.74) is 0.966. The van der Waals surface area contributed by atoms with Gasteiger partial charge in [0.2, 0.25) is 5.95 Å². The molecule has 3 rings (SSSR count). The van der Waals surface area contributed by atoms with E-state index >= 15 is 0 Å². The van der Waals surface area contributed by atoms with E-state index in [9.17, 15) is 0 Å². The van der Waals surface area contributed by atoms with Gasteiger partial charge >= 0.3 is 0 Å². The van der Waals surface area contributed by atoms with E-state index in [0.29, 0.717) is 17.8 Å². The van der Waals surface area contributed by atoms with E-state index in [1.54, 1.807) is 30.9 Å². The first-order valence-electron chi connectivity index (χ1n) is 6.01. The molecule has 92 valence electrons. The van der Waals surface area contributed by atoms with E-state index in [2.05, 4.69) is 30.6 Å². The molecule has 0 bridgehead atoms. The Labute approximate surface area is 105 Å². The maximum absolute atomic E-state index is 4.53. The Morgan fingerprint density at radius 1 is 1.22 bits per heavy atom. The van der Waals surface area contributed by atoms with E-state index in [1.807, 2.05) is 0 Å². The van der Waals surface area contributed by atoms with Crippen molar-refractivity contribution in [3.05, 3.63) is 36.5 Å². The molecule has 1 aliphatic heterocycles. The third kappa shape index (κ3) is 2.43. The number of hydrogen-bond donors (Lipinski definition) is 2. The van der Waals surface area contributed by atoms with Crippen molar-refractivity contribution in [2.45, 2.75) is 18.9 Å². The van der Waals surface area contributed by atoms with Crippen LogP contribution >= 0.6 is 0 Å². The summed E-state index contributed by atoms with van der Waals surface area (Å²) >= 11 is 0. The molecule has 18 heavy (non-hydrogen) atoms. The summed E-state index contributed by atoms with van der Waals surface area (Å²) in [5, 5.41) is 6.45. The zero-order chi connectivity index (χ0) is 12.2. The molecule has 1 aliphatic rings. The van der Waals surface area contributed by atoms with Gasteiger partial charge in [-0.15, -0.1) is 0 Å². The SMILES string of the molecule is c1cnc(Nc2cncc([C@H]3CCCN3)n2)nc1. The first-order valence-corrected chi connectivity index (χ1v) is 6.01. The minimum Gasteiger partial charge on any atom is -0.309 e. The van der Waals surface area contributed by atoms with Crippen molar-refractivity contribution >= 4 is 11.8 Å². The lowest BCUT2D eigenvalue weighted by Crippen LogP contribution is -2.15. The number of rotatable bonds is 3. The van der Waals surface area contributed by atoms with Crippen LogP contribution in [0.1, 0.15) is 24.6 Å². The van der Waals surface area contributed by atoms with Crippen LogP contribution in [-0.4, -0.2) is 26.5 Å². The molecule has 3 heterocycles. The van der Waals surface area contributed by atoms with Gasteiger partial charge in [-0.2, -0.15) is 0 Å². The smallest absolute Gasteiger partial charge is 0.228 e. The van der Waals surface area contributed by atoms with Crippen LogP contribution in [0.15, 0.2) is 30.9 Å². The van der Waals surface area contributed by atoms with E-state index in [0.717, 1.165) is 18.7 Å². The molecule has 6 nitrogen and oxygen atoms in total. The molecule has 0 amide bonds. The average molecular weight is 242 g/mol. The lowest BCUT2D eigenvalue weighted by Gasteiger charge is -2.10. The molecule has 0 saturated carbocycles. The Morgan fingerprint density at radius 3 is 2.89 bits per heavy atom. The van der Waals surface area contributed by atoms with Crippen LogP contribution in [0.4, 0.5) is 11.8 Å². The highest BCUT2D eigenvalue weighted by atomic mass is 15.1. The predicted octanol–water partition coefficient (Wildman–Crippen LogP) is 1.43. The van der Waals surface area contributed by atoms with Gasteiger partial charge in [0.15, 0.2) is 5.82 Å². The summed E-state index contributed by atoms with van der Waals surface area (Å²) in [7, 11) is 0. The highest BCUT2D eigenvalue weighted by Crippen LogP contribution is 2.21. The second kappa shape index (κ2) is 5.05. The lowest BCUT2D eigenvalue weighted by atomic mass is 10.2. The molecule has 2 aromatic rings. The average Bonchev–Trinajstić information content (AvgIpc) is 2.94. The van der Waals surface area contributed by atoms with Crippen molar-refractivity contribution in [3.8, 4) is 0 Å². The van der Waals surface area contributed by atoms with Gasteiger partial charge in [0.1, 0.15) is 0 Å². The Balaban J connectivity index is 1.78. The molecule has 0 aromatic carbocycles. The predicted molar refractivity (Wildman–Crippen MR) is 67.3 cm³/mol. The zero-order valence-electron chi connectivity index (χ0n) is 9.87. The largest absolute Gasteiger partial charge is 0.309 e. The molecule has 6 heteroatoms. The molecular weight excluding hydrogens is 228 g/mol. The monoisotopic (exact) mass is 242 g/mol. The number of anilines is 2. The molecule has 1 atom stereocenters. The van der Waals surface area contributed by atoms with Crippen LogP contribution in [-0.2, 0) is 0 Å². The van der Waals surface area contributed by atoms with Gasteiger partial charge < -0.3 is 10.6 Å². The van der Waals surface area contributed by atoms with E-state index in [4.69, 9.17) is 0 Å². The number of nitrogens with zero attached hydrogens (tertiary/aromatic N) is 4. The van der Waals surface area contributed by atoms with E-state index < -0.39 is 0 Å². The molecule has 1 fully saturated rings. The van der Waals surface area contributed by atoms with E-state index in [-0.39, 0.29) is 0 Å². The van der Waals surface area contributed by atoms with Crippen molar-refractivity contribution in [1.82, 2.24) is 25.3 Å². The van der Waals surface area contributed by atoms with Crippen LogP contribution in [0.2, 0.25) is 0 Å². The van der Waals surface area contributed by atoms with Crippen LogP contribution in [0.25, 0.3) is 0 Å². The fraction of sp³-hybridized carbons (Fsp3) is 0.333. The second-order valence-electron chi connectivity index (χ2n) is 4.18. The second-order valence-corrected chi connectivity index (χ2v) is 4.18. The molecule has 0 aliphatic carbocycles. The van der Waals surface area contributed by atoms with Gasteiger partial charge in [0.05, 0.1) is 24.1 Å². The number of aromatic nitrogens is 4. The van der Waals surface area contributed by atoms with Crippen LogP contribution in [0.3, 0.4) is 0 Å². The first kappa shape index (κ1) is 11.0. The van der Waals surface area contributed by atoms with Crippen molar-refractivity contribution in [2.75, 3.05) is 11.9 Å². The van der Waals surface area contributed by atoms with Gasteiger partial charge in [-0.05, 0) is 25.5 Å². The maximum atomic E-state index is 4.53. The quantitative estimate of drug-likeness (QED) is 0.848. The lowest BCUT2D eigenvalue weighted by molar-refractivity contribution is 0.625. The van der Waals surface area contributed by atoms with Crippen molar-refractivity contribution in [2.24, 2.45) is 0 Å². The van der Waals surface area contributed by atoms with Crippen molar-refractivity contribution in [3.63, 3.8) is 0 Å². The van der Waals surface area contributed by atoms with Gasteiger partial charge in [0, 0.05) is 12.4 Å².